The molecular weight excluding hydrogens is 238 g/mol. The summed E-state index contributed by atoms with van der Waals surface area (Å²) in [5.41, 5.74) is 2.13. The quantitative estimate of drug-likeness (QED) is 0.637. The molecule has 1 heterocycles. The first-order chi connectivity index (χ1) is 9.22. The highest BCUT2D eigenvalue weighted by Crippen LogP contribution is 2.12. The molecule has 0 amide bonds. The smallest absolute Gasteiger partial charge is 0.0547 e. The maximum Gasteiger partial charge on any atom is 0.0547 e. The molecule has 19 heavy (non-hydrogen) atoms. The number of ether oxygens (including phenoxy) is 1. The van der Waals surface area contributed by atoms with Crippen molar-refractivity contribution in [3.63, 3.8) is 0 Å². The average molecular weight is 265 g/mol. The first-order valence-corrected chi connectivity index (χ1v) is 7.23. The Balaban J connectivity index is 2.18. The third-order valence-corrected chi connectivity index (χ3v) is 2.56. The number of nitrogens with one attached hydrogen (secondary N) is 2. The van der Waals surface area contributed by atoms with Crippen LogP contribution in [0.25, 0.3) is 0 Å². The van der Waals surface area contributed by atoms with Crippen LogP contribution in [0.1, 0.15) is 33.6 Å². The zero-order chi connectivity index (χ0) is 13.9. The van der Waals surface area contributed by atoms with E-state index in [0.717, 1.165) is 50.5 Å². The number of hydrogen-bond donors (Lipinski definition) is 2. The highest BCUT2D eigenvalue weighted by atomic mass is 16.5. The Morgan fingerprint density at radius 2 is 1.84 bits per heavy atom. The lowest BCUT2D eigenvalue weighted by Crippen LogP contribution is -2.09. The van der Waals surface area contributed by atoms with Gasteiger partial charge in [0.1, 0.15) is 0 Å². The highest BCUT2D eigenvalue weighted by molar-refractivity contribution is 5.53. The first kappa shape index (κ1) is 15.8. The predicted molar refractivity (Wildman–Crippen MR) is 81.8 cm³/mol. The summed E-state index contributed by atoms with van der Waals surface area (Å²) in [7, 11) is 0. The number of anilines is 2. The van der Waals surface area contributed by atoms with Crippen LogP contribution in [0.2, 0.25) is 0 Å². The summed E-state index contributed by atoms with van der Waals surface area (Å²) in [4.78, 5) is 4.22. The molecule has 0 atom stereocenters. The van der Waals surface area contributed by atoms with E-state index in [2.05, 4.69) is 42.5 Å². The van der Waals surface area contributed by atoms with Crippen molar-refractivity contribution in [2.45, 2.75) is 33.6 Å². The van der Waals surface area contributed by atoms with Crippen LogP contribution in [0.15, 0.2) is 18.5 Å². The van der Waals surface area contributed by atoms with Crippen LogP contribution < -0.4 is 10.6 Å². The first-order valence-electron chi connectivity index (χ1n) is 7.23. The van der Waals surface area contributed by atoms with Crippen LogP contribution in [0.5, 0.6) is 0 Å². The van der Waals surface area contributed by atoms with Gasteiger partial charge in [0.25, 0.3) is 0 Å². The Morgan fingerprint density at radius 3 is 2.47 bits per heavy atom. The maximum atomic E-state index is 5.54. The fraction of sp³-hybridized carbons (Fsp3) is 0.667. The van der Waals surface area contributed by atoms with Crippen LogP contribution in [0.3, 0.4) is 0 Å². The maximum absolute atomic E-state index is 5.54. The van der Waals surface area contributed by atoms with Gasteiger partial charge in [-0.05, 0) is 24.8 Å². The van der Waals surface area contributed by atoms with Gasteiger partial charge in [-0.15, -0.1) is 0 Å². The van der Waals surface area contributed by atoms with Crippen LogP contribution in [-0.4, -0.2) is 31.3 Å². The molecule has 1 rings (SSSR count). The molecule has 0 radical (unpaired) electrons. The van der Waals surface area contributed by atoms with E-state index in [1.54, 1.807) is 0 Å². The van der Waals surface area contributed by atoms with Crippen LogP contribution in [0.4, 0.5) is 11.4 Å². The number of rotatable bonds is 10. The fourth-order valence-electron chi connectivity index (χ4n) is 1.63. The van der Waals surface area contributed by atoms with E-state index in [-0.39, 0.29) is 0 Å². The van der Waals surface area contributed by atoms with E-state index in [4.69, 9.17) is 4.74 Å². The van der Waals surface area contributed by atoms with Gasteiger partial charge in [-0.2, -0.15) is 0 Å². The Kier molecular flexibility index (Phi) is 7.98. The summed E-state index contributed by atoms with van der Waals surface area (Å²) in [6, 6.07) is 2.09. The van der Waals surface area contributed by atoms with Crippen LogP contribution in [-0.2, 0) is 4.74 Å². The molecule has 0 saturated heterocycles. The van der Waals surface area contributed by atoms with Crippen molar-refractivity contribution in [1.82, 2.24) is 4.98 Å². The third-order valence-electron chi connectivity index (χ3n) is 2.56. The van der Waals surface area contributed by atoms with Crippen molar-refractivity contribution in [3.05, 3.63) is 18.5 Å². The minimum Gasteiger partial charge on any atom is -0.384 e. The average Bonchev–Trinajstić information content (AvgIpc) is 2.40. The normalized spacial score (nSPS) is 10.7. The molecule has 1 aromatic heterocycles. The molecule has 0 spiro atoms. The minimum absolute atomic E-state index is 0.610. The molecule has 0 aliphatic heterocycles. The molecule has 0 aromatic carbocycles. The summed E-state index contributed by atoms with van der Waals surface area (Å²) < 4.78 is 5.54. The molecule has 1 aromatic rings. The number of nitrogens with zero attached hydrogens (tertiary/aromatic N) is 1. The van der Waals surface area contributed by atoms with Gasteiger partial charge in [0.05, 0.1) is 23.8 Å². The Morgan fingerprint density at radius 1 is 1.16 bits per heavy atom. The molecule has 4 nitrogen and oxygen atoms in total. The SMILES string of the molecule is CCCNc1cncc(NCCCOCC(C)C)c1. The van der Waals surface area contributed by atoms with Gasteiger partial charge in [0.15, 0.2) is 0 Å². The molecular formula is C15H27N3O. The summed E-state index contributed by atoms with van der Waals surface area (Å²) in [5.74, 6) is 0.610. The Labute approximate surface area is 117 Å². The summed E-state index contributed by atoms with van der Waals surface area (Å²) >= 11 is 0. The minimum atomic E-state index is 0.610. The second-order valence-corrected chi connectivity index (χ2v) is 5.14. The van der Waals surface area contributed by atoms with E-state index >= 15 is 0 Å². The molecule has 108 valence electrons. The lowest BCUT2D eigenvalue weighted by molar-refractivity contribution is 0.110. The van der Waals surface area contributed by atoms with Crippen molar-refractivity contribution >= 4 is 11.4 Å². The topological polar surface area (TPSA) is 46.2 Å². The van der Waals surface area contributed by atoms with Gasteiger partial charge >= 0.3 is 0 Å². The monoisotopic (exact) mass is 265 g/mol. The number of hydrogen-bond acceptors (Lipinski definition) is 4. The van der Waals surface area contributed by atoms with Crippen molar-refractivity contribution in [2.24, 2.45) is 5.92 Å². The van der Waals surface area contributed by atoms with Crippen molar-refractivity contribution in [1.29, 1.82) is 0 Å². The molecule has 0 bridgehead atoms. The van der Waals surface area contributed by atoms with Gasteiger partial charge < -0.3 is 15.4 Å². The zero-order valence-electron chi connectivity index (χ0n) is 12.4. The standard InChI is InChI=1S/C15H27N3O/c1-4-6-17-14-9-15(11-16-10-14)18-7-5-8-19-12-13(2)3/h9-11,13,17-18H,4-8,12H2,1-3H3. The van der Waals surface area contributed by atoms with Gasteiger partial charge in [0.2, 0.25) is 0 Å². The van der Waals surface area contributed by atoms with Crippen molar-refractivity contribution in [2.75, 3.05) is 36.9 Å². The molecule has 4 heteroatoms. The van der Waals surface area contributed by atoms with Crippen molar-refractivity contribution < 1.29 is 4.74 Å². The van der Waals surface area contributed by atoms with Crippen LogP contribution >= 0.6 is 0 Å². The summed E-state index contributed by atoms with van der Waals surface area (Å²) in [6.07, 6.45) is 5.84. The fourth-order valence-corrected chi connectivity index (χ4v) is 1.63. The molecule has 0 unspecified atom stereocenters. The lowest BCUT2D eigenvalue weighted by atomic mass is 10.2. The van der Waals surface area contributed by atoms with Crippen LogP contribution in [0, 0.1) is 5.92 Å². The molecule has 0 aliphatic rings. The van der Waals surface area contributed by atoms with Gasteiger partial charge in [-0.1, -0.05) is 20.8 Å². The number of pyridine rings is 1. The Hall–Kier alpha value is -1.29. The number of aromatic nitrogens is 1. The molecule has 2 N–H and O–H groups in total. The molecule has 0 fully saturated rings. The second kappa shape index (κ2) is 9.62. The second-order valence-electron chi connectivity index (χ2n) is 5.14. The zero-order valence-corrected chi connectivity index (χ0v) is 12.4. The lowest BCUT2D eigenvalue weighted by Gasteiger charge is -2.10. The van der Waals surface area contributed by atoms with Gasteiger partial charge in [0, 0.05) is 26.3 Å². The predicted octanol–water partition coefficient (Wildman–Crippen LogP) is 3.38. The third kappa shape index (κ3) is 7.67. The Bertz CT molecular complexity index is 342. The van der Waals surface area contributed by atoms with E-state index in [1.165, 1.54) is 0 Å². The van der Waals surface area contributed by atoms with E-state index in [9.17, 15) is 0 Å². The molecule has 0 saturated carbocycles. The largest absolute Gasteiger partial charge is 0.384 e. The molecule has 0 aliphatic carbocycles. The summed E-state index contributed by atoms with van der Waals surface area (Å²) in [6.45, 7) is 10.0. The highest BCUT2D eigenvalue weighted by Gasteiger charge is 1.97. The van der Waals surface area contributed by atoms with E-state index < -0.39 is 0 Å². The summed E-state index contributed by atoms with van der Waals surface area (Å²) in [5, 5.41) is 6.70. The van der Waals surface area contributed by atoms with E-state index in [0.29, 0.717) is 5.92 Å². The van der Waals surface area contributed by atoms with Crippen molar-refractivity contribution in [3.8, 4) is 0 Å². The van der Waals surface area contributed by atoms with Gasteiger partial charge in [-0.3, -0.25) is 4.98 Å². The van der Waals surface area contributed by atoms with E-state index in [1.807, 2.05) is 12.4 Å². The van der Waals surface area contributed by atoms with Gasteiger partial charge in [-0.25, -0.2) is 0 Å².